The van der Waals surface area contributed by atoms with Crippen LogP contribution in [-0.2, 0) is 19.4 Å². The van der Waals surface area contributed by atoms with E-state index < -0.39 is 17.8 Å². The van der Waals surface area contributed by atoms with E-state index in [4.69, 9.17) is 0 Å². The molecule has 98 valence electrons. The summed E-state index contributed by atoms with van der Waals surface area (Å²) < 4.78 is 63.8. The lowest BCUT2D eigenvalue weighted by molar-refractivity contribution is -0.292. The predicted octanol–water partition coefficient (Wildman–Crippen LogP) is 2.67. The van der Waals surface area contributed by atoms with E-state index >= 15 is 0 Å². The molecule has 0 bridgehead atoms. The molecule has 1 heterocycles. The average molecular weight is 257 g/mol. The van der Waals surface area contributed by atoms with Gasteiger partial charge in [-0.3, -0.25) is 0 Å². The zero-order chi connectivity index (χ0) is 13.4. The molecule has 0 amide bonds. The minimum atomic E-state index is -5.64. The number of alkyl halides is 5. The molecule has 0 atom stereocenters. The molecule has 0 unspecified atom stereocenters. The van der Waals surface area contributed by atoms with Crippen molar-refractivity contribution in [2.75, 3.05) is 0 Å². The monoisotopic (exact) mass is 257 g/mol. The Hall–Kier alpha value is -1.21. The molecule has 0 aliphatic heterocycles. The molecule has 0 fully saturated rings. The van der Waals surface area contributed by atoms with Crippen molar-refractivity contribution >= 4 is 0 Å². The first kappa shape index (κ1) is 13.9. The highest BCUT2D eigenvalue weighted by Gasteiger charge is 2.61. The van der Waals surface area contributed by atoms with Crippen LogP contribution in [0.5, 0.6) is 0 Å². The Morgan fingerprint density at radius 1 is 1.18 bits per heavy atom. The lowest BCUT2D eigenvalue weighted by Gasteiger charge is -2.20. The van der Waals surface area contributed by atoms with Crippen LogP contribution in [0.1, 0.15) is 25.2 Å². The molecule has 0 N–H and O–H groups in total. The predicted molar refractivity (Wildman–Crippen MR) is 49.5 cm³/mol. The molecule has 8 heteroatoms. The lowest BCUT2D eigenvalue weighted by atomic mass is 10.0. The van der Waals surface area contributed by atoms with Gasteiger partial charge in [0.25, 0.3) is 0 Å². The fourth-order valence-electron chi connectivity index (χ4n) is 1.44. The van der Waals surface area contributed by atoms with Crippen LogP contribution in [0.15, 0.2) is 0 Å². The molecule has 17 heavy (non-hydrogen) atoms. The standard InChI is InChI=1S/C9H12F5N3/c1-5(2)4-6-7(17(3)16-15-6)8(10,11)9(12,13)14/h5H,4H2,1-3H3. The molecular weight excluding hydrogens is 245 g/mol. The quantitative estimate of drug-likeness (QED) is 0.779. The van der Waals surface area contributed by atoms with Crippen LogP contribution in [0, 0.1) is 5.92 Å². The van der Waals surface area contributed by atoms with Crippen LogP contribution < -0.4 is 0 Å². The van der Waals surface area contributed by atoms with Gasteiger partial charge < -0.3 is 0 Å². The van der Waals surface area contributed by atoms with E-state index in [2.05, 4.69) is 10.3 Å². The maximum absolute atomic E-state index is 13.2. The zero-order valence-electron chi connectivity index (χ0n) is 9.52. The Morgan fingerprint density at radius 2 is 1.71 bits per heavy atom. The molecule has 0 aliphatic carbocycles. The third-order valence-corrected chi connectivity index (χ3v) is 2.15. The van der Waals surface area contributed by atoms with Gasteiger partial charge >= 0.3 is 12.1 Å². The number of aryl methyl sites for hydroxylation is 1. The largest absolute Gasteiger partial charge is 0.459 e. The topological polar surface area (TPSA) is 30.7 Å². The first-order valence-corrected chi connectivity index (χ1v) is 4.91. The van der Waals surface area contributed by atoms with Crippen LogP contribution in [0.3, 0.4) is 0 Å². The van der Waals surface area contributed by atoms with E-state index in [1.165, 1.54) is 0 Å². The van der Waals surface area contributed by atoms with Crippen molar-refractivity contribution in [3.05, 3.63) is 11.4 Å². The second-order valence-electron chi connectivity index (χ2n) is 4.18. The third kappa shape index (κ3) is 2.55. The maximum atomic E-state index is 13.2. The number of hydrogen-bond donors (Lipinski definition) is 0. The average Bonchev–Trinajstić information content (AvgIpc) is 2.44. The fraction of sp³-hybridized carbons (Fsp3) is 0.778. The molecule has 3 nitrogen and oxygen atoms in total. The van der Waals surface area contributed by atoms with E-state index in [9.17, 15) is 22.0 Å². The smallest absolute Gasteiger partial charge is 0.246 e. The van der Waals surface area contributed by atoms with Gasteiger partial charge in [-0.1, -0.05) is 19.1 Å². The summed E-state index contributed by atoms with van der Waals surface area (Å²) in [6.45, 7) is 3.40. The number of halogens is 5. The molecule has 0 saturated heterocycles. The number of rotatable bonds is 3. The number of hydrogen-bond acceptors (Lipinski definition) is 2. The minimum Gasteiger partial charge on any atom is -0.246 e. The Labute approximate surface area is 94.6 Å². The number of aromatic nitrogens is 3. The summed E-state index contributed by atoms with van der Waals surface area (Å²) in [7, 11) is 1.02. The lowest BCUT2D eigenvalue weighted by Crippen LogP contribution is -2.36. The first-order chi connectivity index (χ1) is 7.57. The fourth-order valence-corrected chi connectivity index (χ4v) is 1.44. The van der Waals surface area contributed by atoms with Gasteiger partial charge in [-0.25, -0.2) is 4.68 Å². The van der Waals surface area contributed by atoms with Gasteiger partial charge in [0.15, 0.2) is 0 Å². The SMILES string of the molecule is CC(C)Cc1nnn(C)c1C(F)(F)C(F)(F)F. The summed E-state index contributed by atoms with van der Waals surface area (Å²) in [6, 6.07) is 0. The van der Waals surface area contributed by atoms with Crippen molar-refractivity contribution in [1.29, 1.82) is 0 Å². The highest BCUT2D eigenvalue weighted by atomic mass is 19.4. The van der Waals surface area contributed by atoms with Crippen LogP contribution in [0.2, 0.25) is 0 Å². The van der Waals surface area contributed by atoms with Gasteiger partial charge in [-0.2, -0.15) is 22.0 Å². The molecule has 0 saturated carbocycles. The second kappa shape index (κ2) is 4.23. The summed E-state index contributed by atoms with van der Waals surface area (Å²) in [5, 5.41) is 6.60. The van der Waals surface area contributed by atoms with Crippen LogP contribution in [0.4, 0.5) is 22.0 Å². The van der Waals surface area contributed by atoms with E-state index in [1.54, 1.807) is 13.8 Å². The van der Waals surface area contributed by atoms with E-state index in [0.717, 1.165) is 7.05 Å². The van der Waals surface area contributed by atoms with Crippen molar-refractivity contribution in [3.63, 3.8) is 0 Å². The highest BCUT2D eigenvalue weighted by molar-refractivity contribution is 5.18. The van der Waals surface area contributed by atoms with Gasteiger partial charge in [-0.15, -0.1) is 5.10 Å². The summed E-state index contributed by atoms with van der Waals surface area (Å²) in [6.07, 6.45) is -5.62. The van der Waals surface area contributed by atoms with Gasteiger partial charge in [0, 0.05) is 7.05 Å². The van der Waals surface area contributed by atoms with E-state index in [1.807, 2.05) is 0 Å². The highest BCUT2D eigenvalue weighted by Crippen LogP contribution is 2.44. The normalized spacial score (nSPS) is 13.5. The van der Waals surface area contributed by atoms with Crippen molar-refractivity contribution < 1.29 is 22.0 Å². The molecule has 0 aromatic carbocycles. The van der Waals surface area contributed by atoms with Gasteiger partial charge in [0.2, 0.25) is 0 Å². The third-order valence-electron chi connectivity index (χ3n) is 2.15. The van der Waals surface area contributed by atoms with Gasteiger partial charge in [0.1, 0.15) is 5.69 Å². The molecule has 0 aliphatic rings. The van der Waals surface area contributed by atoms with Gasteiger partial charge in [0.05, 0.1) is 5.69 Å². The zero-order valence-corrected chi connectivity index (χ0v) is 9.52. The van der Waals surface area contributed by atoms with E-state index in [0.29, 0.717) is 4.68 Å². The van der Waals surface area contributed by atoms with Crippen LogP contribution in [0.25, 0.3) is 0 Å². The minimum absolute atomic E-state index is 0.0227. The molecule has 0 spiro atoms. The first-order valence-electron chi connectivity index (χ1n) is 4.91. The number of nitrogens with zero attached hydrogens (tertiary/aromatic N) is 3. The Kier molecular flexibility index (Phi) is 3.45. The van der Waals surface area contributed by atoms with Crippen molar-refractivity contribution in [3.8, 4) is 0 Å². The molecule has 1 aromatic heterocycles. The maximum Gasteiger partial charge on any atom is 0.459 e. The molecule has 0 radical (unpaired) electrons. The van der Waals surface area contributed by atoms with Gasteiger partial charge in [-0.05, 0) is 12.3 Å². The second-order valence-corrected chi connectivity index (χ2v) is 4.18. The van der Waals surface area contributed by atoms with Crippen molar-refractivity contribution in [1.82, 2.24) is 15.0 Å². The summed E-state index contributed by atoms with van der Waals surface area (Å²) >= 11 is 0. The molecular formula is C9H12F5N3. The Morgan fingerprint density at radius 3 is 2.12 bits per heavy atom. The van der Waals surface area contributed by atoms with Crippen LogP contribution in [-0.4, -0.2) is 21.2 Å². The Balaban J connectivity index is 3.25. The summed E-state index contributed by atoms with van der Waals surface area (Å²) in [5.41, 5.74) is -1.50. The van der Waals surface area contributed by atoms with E-state index in [-0.39, 0.29) is 18.0 Å². The van der Waals surface area contributed by atoms with Crippen LogP contribution >= 0.6 is 0 Å². The molecule has 1 rings (SSSR count). The molecule has 1 aromatic rings. The summed E-state index contributed by atoms with van der Waals surface area (Å²) in [5.74, 6) is -5.02. The Bertz CT molecular complexity index is 394. The van der Waals surface area contributed by atoms with Crippen molar-refractivity contribution in [2.45, 2.75) is 32.4 Å². The summed E-state index contributed by atoms with van der Waals surface area (Å²) in [4.78, 5) is 0. The van der Waals surface area contributed by atoms with Crippen molar-refractivity contribution in [2.24, 2.45) is 13.0 Å².